The van der Waals surface area contributed by atoms with Gasteiger partial charge < -0.3 is 11.1 Å². The van der Waals surface area contributed by atoms with E-state index in [-0.39, 0.29) is 17.2 Å². The number of anilines is 1. The third-order valence-electron chi connectivity index (χ3n) is 2.81. The van der Waals surface area contributed by atoms with Gasteiger partial charge >= 0.3 is 0 Å². The molecular formula is C15H24N2O. The molecule has 100 valence electrons. The van der Waals surface area contributed by atoms with E-state index in [4.69, 9.17) is 5.73 Å². The molecule has 1 unspecified atom stereocenters. The molecular weight excluding hydrogens is 224 g/mol. The van der Waals surface area contributed by atoms with Crippen molar-refractivity contribution in [3.05, 3.63) is 29.8 Å². The summed E-state index contributed by atoms with van der Waals surface area (Å²) in [6.07, 6.45) is 0.514. The van der Waals surface area contributed by atoms with Gasteiger partial charge in [0.05, 0.1) is 0 Å². The quantitative estimate of drug-likeness (QED) is 0.805. The Labute approximate surface area is 110 Å². The molecule has 1 rings (SSSR count). The monoisotopic (exact) mass is 248 g/mol. The maximum absolute atomic E-state index is 11.8. The van der Waals surface area contributed by atoms with E-state index in [0.29, 0.717) is 13.0 Å². The fraction of sp³-hybridized carbons (Fsp3) is 0.533. The van der Waals surface area contributed by atoms with Crippen LogP contribution in [0.4, 0.5) is 5.69 Å². The zero-order chi connectivity index (χ0) is 13.8. The number of hydrogen-bond donors (Lipinski definition) is 2. The number of nitrogens with two attached hydrogens (primary N) is 1. The predicted octanol–water partition coefficient (Wildman–Crippen LogP) is 2.92. The van der Waals surface area contributed by atoms with Crippen LogP contribution in [0.1, 0.15) is 45.6 Å². The number of nitrogens with one attached hydrogen (secondary N) is 1. The molecule has 3 N–H and O–H groups in total. The number of hydrogen-bond acceptors (Lipinski definition) is 2. The second-order valence-electron chi connectivity index (χ2n) is 6.11. The van der Waals surface area contributed by atoms with Gasteiger partial charge in [-0.05, 0) is 29.0 Å². The highest BCUT2D eigenvalue weighted by Gasteiger charge is 2.14. The summed E-state index contributed by atoms with van der Waals surface area (Å²) in [7, 11) is 0. The largest absolute Gasteiger partial charge is 0.399 e. The Kier molecular flexibility index (Phi) is 4.76. The van der Waals surface area contributed by atoms with E-state index in [1.165, 1.54) is 0 Å². The van der Waals surface area contributed by atoms with Gasteiger partial charge in [0.1, 0.15) is 0 Å². The molecule has 0 bridgehead atoms. The summed E-state index contributed by atoms with van der Waals surface area (Å²) in [5.41, 5.74) is 7.67. The molecule has 0 saturated carbocycles. The van der Waals surface area contributed by atoms with Crippen molar-refractivity contribution in [2.24, 2.45) is 5.41 Å². The van der Waals surface area contributed by atoms with E-state index >= 15 is 0 Å². The van der Waals surface area contributed by atoms with E-state index in [1.54, 1.807) is 0 Å². The van der Waals surface area contributed by atoms with Gasteiger partial charge in [-0.2, -0.15) is 0 Å². The van der Waals surface area contributed by atoms with Crippen molar-refractivity contribution in [3.63, 3.8) is 0 Å². The number of rotatable bonds is 4. The van der Waals surface area contributed by atoms with Crippen molar-refractivity contribution in [3.8, 4) is 0 Å². The smallest absolute Gasteiger partial charge is 0.220 e. The van der Waals surface area contributed by atoms with Gasteiger partial charge in [-0.3, -0.25) is 4.79 Å². The van der Waals surface area contributed by atoms with Gasteiger partial charge in [-0.25, -0.2) is 0 Å². The lowest BCUT2D eigenvalue weighted by molar-refractivity contribution is -0.121. The fourth-order valence-corrected chi connectivity index (χ4v) is 1.66. The third kappa shape index (κ3) is 5.21. The van der Waals surface area contributed by atoms with Crippen molar-refractivity contribution in [1.29, 1.82) is 0 Å². The second kappa shape index (κ2) is 5.89. The summed E-state index contributed by atoms with van der Waals surface area (Å²) in [6, 6.07) is 7.71. The molecule has 18 heavy (non-hydrogen) atoms. The summed E-state index contributed by atoms with van der Waals surface area (Å²) in [6.45, 7) is 9.09. The first-order valence-corrected chi connectivity index (χ1v) is 6.40. The first-order chi connectivity index (χ1) is 8.28. The van der Waals surface area contributed by atoms with Crippen LogP contribution in [0.2, 0.25) is 0 Å². The number of carbonyl (C=O) groups excluding carboxylic acids is 1. The molecule has 0 aliphatic rings. The number of nitrogen functional groups attached to an aromatic ring is 1. The molecule has 0 aliphatic heterocycles. The van der Waals surface area contributed by atoms with Gasteiger partial charge in [0.25, 0.3) is 0 Å². The topological polar surface area (TPSA) is 55.1 Å². The maximum Gasteiger partial charge on any atom is 0.220 e. The Balaban J connectivity index is 2.47. The van der Waals surface area contributed by atoms with Crippen LogP contribution >= 0.6 is 0 Å². The molecule has 1 atom stereocenters. The highest BCUT2D eigenvalue weighted by molar-refractivity contribution is 5.76. The Morgan fingerprint density at radius 3 is 2.33 bits per heavy atom. The zero-order valence-electron chi connectivity index (χ0n) is 11.8. The molecule has 3 nitrogen and oxygen atoms in total. The van der Waals surface area contributed by atoms with Gasteiger partial charge in [-0.1, -0.05) is 39.8 Å². The van der Waals surface area contributed by atoms with Crippen LogP contribution in [0.15, 0.2) is 24.3 Å². The van der Waals surface area contributed by atoms with Crippen LogP contribution in [0.3, 0.4) is 0 Å². The molecule has 1 amide bonds. The van der Waals surface area contributed by atoms with Crippen LogP contribution in [0.25, 0.3) is 0 Å². The van der Waals surface area contributed by atoms with Crippen molar-refractivity contribution in [2.75, 3.05) is 12.3 Å². The Hall–Kier alpha value is -1.51. The Bertz CT molecular complexity index is 390. The van der Waals surface area contributed by atoms with E-state index in [9.17, 15) is 4.79 Å². The molecule has 0 radical (unpaired) electrons. The minimum absolute atomic E-state index is 0.106. The Morgan fingerprint density at radius 2 is 1.83 bits per heavy atom. The maximum atomic E-state index is 11.8. The third-order valence-corrected chi connectivity index (χ3v) is 2.81. The highest BCUT2D eigenvalue weighted by atomic mass is 16.1. The average molecular weight is 248 g/mol. The molecule has 0 aliphatic carbocycles. The number of carbonyl (C=O) groups is 1. The van der Waals surface area contributed by atoms with E-state index in [2.05, 4.69) is 33.0 Å². The summed E-state index contributed by atoms with van der Waals surface area (Å²) in [5, 5.41) is 2.97. The minimum Gasteiger partial charge on any atom is -0.399 e. The molecule has 0 spiro atoms. The van der Waals surface area contributed by atoms with Crippen LogP contribution in [0.5, 0.6) is 0 Å². The van der Waals surface area contributed by atoms with Gasteiger partial charge in [0, 0.05) is 18.7 Å². The van der Waals surface area contributed by atoms with Crippen molar-refractivity contribution in [1.82, 2.24) is 5.32 Å². The molecule has 1 aromatic rings. The van der Waals surface area contributed by atoms with Crippen LogP contribution in [0, 0.1) is 5.41 Å². The number of amides is 1. The highest BCUT2D eigenvalue weighted by Crippen LogP contribution is 2.20. The van der Waals surface area contributed by atoms with Crippen molar-refractivity contribution in [2.45, 2.75) is 40.0 Å². The average Bonchev–Trinajstić information content (AvgIpc) is 2.26. The Morgan fingerprint density at radius 1 is 1.28 bits per heavy atom. The molecule has 0 aromatic heterocycles. The summed E-state index contributed by atoms with van der Waals surface area (Å²) < 4.78 is 0. The van der Waals surface area contributed by atoms with E-state index < -0.39 is 0 Å². The summed E-state index contributed by atoms with van der Waals surface area (Å²) in [4.78, 5) is 11.8. The van der Waals surface area contributed by atoms with Crippen LogP contribution in [-0.4, -0.2) is 12.5 Å². The van der Waals surface area contributed by atoms with Crippen LogP contribution < -0.4 is 11.1 Å². The number of benzene rings is 1. The lowest BCUT2D eigenvalue weighted by Crippen LogP contribution is -2.32. The standard InChI is InChI=1S/C15H24N2O/c1-11(12-5-7-13(16)8-6-12)9-14(18)17-10-15(2,3)4/h5-8,11H,9-10,16H2,1-4H3,(H,17,18). The summed E-state index contributed by atoms with van der Waals surface area (Å²) in [5.74, 6) is 0.319. The van der Waals surface area contributed by atoms with Gasteiger partial charge in [0.2, 0.25) is 5.91 Å². The summed E-state index contributed by atoms with van der Waals surface area (Å²) >= 11 is 0. The minimum atomic E-state index is 0.106. The molecule has 3 heteroatoms. The first kappa shape index (κ1) is 14.6. The lowest BCUT2D eigenvalue weighted by Gasteiger charge is -2.19. The predicted molar refractivity (Wildman–Crippen MR) is 76.4 cm³/mol. The molecule has 0 heterocycles. The van der Waals surface area contributed by atoms with Gasteiger partial charge in [-0.15, -0.1) is 0 Å². The van der Waals surface area contributed by atoms with Crippen molar-refractivity contribution >= 4 is 11.6 Å². The van der Waals surface area contributed by atoms with Crippen molar-refractivity contribution < 1.29 is 4.79 Å². The molecule has 1 aromatic carbocycles. The van der Waals surface area contributed by atoms with E-state index in [0.717, 1.165) is 11.3 Å². The first-order valence-electron chi connectivity index (χ1n) is 6.40. The molecule has 0 saturated heterocycles. The zero-order valence-corrected chi connectivity index (χ0v) is 11.8. The second-order valence-corrected chi connectivity index (χ2v) is 6.11. The SMILES string of the molecule is CC(CC(=O)NCC(C)(C)C)c1ccc(N)cc1. The normalized spacial score (nSPS) is 13.1. The fourth-order valence-electron chi connectivity index (χ4n) is 1.66. The lowest BCUT2D eigenvalue weighted by atomic mass is 9.95. The van der Waals surface area contributed by atoms with E-state index in [1.807, 2.05) is 24.3 Å². The molecule has 0 fully saturated rings. The van der Waals surface area contributed by atoms with Crippen LogP contribution in [-0.2, 0) is 4.79 Å². The van der Waals surface area contributed by atoms with Gasteiger partial charge in [0.15, 0.2) is 0 Å².